The highest BCUT2D eigenvalue weighted by Crippen LogP contribution is 2.20. The molecule has 23 heavy (non-hydrogen) atoms. The van der Waals surface area contributed by atoms with Gasteiger partial charge in [-0.2, -0.15) is 0 Å². The smallest absolute Gasteiger partial charge is 0.254 e. The maximum atomic E-state index is 13.1. The summed E-state index contributed by atoms with van der Waals surface area (Å²) in [6.45, 7) is 5.09. The van der Waals surface area contributed by atoms with Crippen molar-refractivity contribution in [3.63, 3.8) is 0 Å². The molecule has 0 spiro atoms. The summed E-state index contributed by atoms with van der Waals surface area (Å²) in [4.78, 5) is 16.1. The van der Waals surface area contributed by atoms with Gasteiger partial charge in [0.2, 0.25) is 0 Å². The second kappa shape index (κ2) is 6.84. The average Bonchev–Trinajstić information content (AvgIpc) is 3.22. The molecule has 0 atom stereocenters. The highest BCUT2D eigenvalue weighted by Gasteiger charge is 2.20. The van der Waals surface area contributed by atoms with Crippen LogP contribution in [-0.4, -0.2) is 10.8 Å². The first kappa shape index (κ1) is 15.6. The molecule has 2 heterocycles. The van der Waals surface area contributed by atoms with E-state index in [0.29, 0.717) is 13.1 Å². The van der Waals surface area contributed by atoms with Crippen molar-refractivity contribution in [1.29, 1.82) is 0 Å². The maximum Gasteiger partial charge on any atom is 0.254 e. The van der Waals surface area contributed by atoms with Crippen molar-refractivity contribution < 1.29 is 9.21 Å². The Morgan fingerprint density at radius 3 is 2.65 bits per heavy atom. The molecule has 4 heteroatoms. The highest BCUT2D eigenvalue weighted by atomic mass is 32.1. The minimum absolute atomic E-state index is 0.0380. The number of aryl methyl sites for hydroxylation is 1. The summed E-state index contributed by atoms with van der Waals surface area (Å²) in [5.74, 6) is 0.830. The molecule has 2 aromatic heterocycles. The van der Waals surface area contributed by atoms with Gasteiger partial charge in [-0.05, 0) is 54.6 Å². The number of rotatable bonds is 5. The van der Waals surface area contributed by atoms with Gasteiger partial charge in [0.1, 0.15) is 5.76 Å². The molecule has 0 radical (unpaired) electrons. The Balaban J connectivity index is 1.90. The van der Waals surface area contributed by atoms with E-state index in [-0.39, 0.29) is 5.91 Å². The quantitative estimate of drug-likeness (QED) is 0.675. The lowest BCUT2D eigenvalue weighted by atomic mass is 10.0. The molecule has 3 nitrogen and oxygen atoms in total. The Bertz CT molecular complexity index is 740. The van der Waals surface area contributed by atoms with Crippen LogP contribution >= 0.6 is 11.3 Å². The van der Waals surface area contributed by atoms with E-state index in [1.807, 2.05) is 60.5 Å². The molecular formula is C19H19NO2S. The molecule has 0 bridgehead atoms. The van der Waals surface area contributed by atoms with Gasteiger partial charge in [-0.15, -0.1) is 11.3 Å². The van der Waals surface area contributed by atoms with Crippen LogP contribution in [0.4, 0.5) is 0 Å². The molecule has 118 valence electrons. The summed E-state index contributed by atoms with van der Waals surface area (Å²) in [7, 11) is 0. The van der Waals surface area contributed by atoms with Crippen LogP contribution in [0.15, 0.2) is 58.5 Å². The number of hydrogen-bond acceptors (Lipinski definition) is 3. The Morgan fingerprint density at radius 1 is 1.09 bits per heavy atom. The topological polar surface area (TPSA) is 33.5 Å². The van der Waals surface area contributed by atoms with Crippen LogP contribution < -0.4 is 0 Å². The predicted molar refractivity (Wildman–Crippen MR) is 92.5 cm³/mol. The van der Waals surface area contributed by atoms with Crippen LogP contribution in [0.5, 0.6) is 0 Å². The van der Waals surface area contributed by atoms with E-state index in [2.05, 4.69) is 6.07 Å². The third-order valence-corrected chi connectivity index (χ3v) is 4.84. The van der Waals surface area contributed by atoms with Gasteiger partial charge in [0.05, 0.1) is 19.4 Å². The van der Waals surface area contributed by atoms with Crippen molar-refractivity contribution in [3.05, 3.63) is 81.4 Å². The number of nitrogens with zero attached hydrogens (tertiary/aromatic N) is 1. The summed E-state index contributed by atoms with van der Waals surface area (Å²) in [5, 5.41) is 2.03. The minimum atomic E-state index is 0.0380. The Labute approximate surface area is 140 Å². The predicted octanol–water partition coefficient (Wildman–Crippen LogP) is 4.80. The molecule has 3 rings (SSSR count). The van der Waals surface area contributed by atoms with Crippen molar-refractivity contribution in [2.75, 3.05) is 0 Å². The second-order valence-electron chi connectivity index (χ2n) is 5.57. The lowest BCUT2D eigenvalue weighted by molar-refractivity contribution is 0.0718. The zero-order chi connectivity index (χ0) is 16.2. The van der Waals surface area contributed by atoms with E-state index in [9.17, 15) is 4.79 Å². The van der Waals surface area contributed by atoms with E-state index >= 15 is 0 Å². The molecule has 1 aromatic carbocycles. The van der Waals surface area contributed by atoms with Crippen molar-refractivity contribution in [3.8, 4) is 0 Å². The SMILES string of the molecule is Cc1cccc(C(=O)N(Cc2ccco2)Cc2cccs2)c1C. The first-order valence-electron chi connectivity index (χ1n) is 7.55. The van der Waals surface area contributed by atoms with E-state index < -0.39 is 0 Å². The van der Waals surface area contributed by atoms with Crippen molar-refractivity contribution in [1.82, 2.24) is 4.90 Å². The fourth-order valence-electron chi connectivity index (χ4n) is 2.53. The van der Waals surface area contributed by atoms with Gasteiger partial charge in [0, 0.05) is 10.4 Å². The van der Waals surface area contributed by atoms with Gasteiger partial charge in [-0.25, -0.2) is 0 Å². The van der Waals surface area contributed by atoms with Gasteiger partial charge in [-0.3, -0.25) is 4.79 Å². The van der Waals surface area contributed by atoms with Crippen LogP contribution in [0.3, 0.4) is 0 Å². The van der Waals surface area contributed by atoms with Crippen LogP contribution in [0.25, 0.3) is 0 Å². The number of carbonyl (C=O) groups excluding carboxylic acids is 1. The number of hydrogen-bond donors (Lipinski definition) is 0. The van der Waals surface area contributed by atoms with E-state index in [1.54, 1.807) is 17.6 Å². The van der Waals surface area contributed by atoms with Crippen LogP contribution in [0.2, 0.25) is 0 Å². The van der Waals surface area contributed by atoms with Gasteiger partial charge in [0.25, 0.3) is 5.91 Å². The summed E-state index contributed by atoms with van der Waals surface area (Å²) in [6, 6.07) is 13.7. The molecule has 1 amide bonds. The largest absolute Gasteiger partial charge is 0.467 e. The number of carbonyl (C=O) groups is 1. The van der Waals surface area contributed by atoms with Crippen LogP contribution in [0, 0.1) is 13.8 Å². The number of benzene rings is 1. The molecule has 0 aliphatic rings. The number of amides is 1. The molecular weight excluding hydrogens is 306 g/mol. The molecule has 0 saturated carbocycles. The third kappa shape index (κ3) is 3.54. The zero-order valence-electron chi connectivity index (χ0n) is 13.3. The van der Waals surface area contributed by atoms with Gasteiger partial charge >= 0.3 is 0 Å². The van der Waals surface area contributed by atoms with E-state index in [0.717, 1.165) is 27.3 Å². The highest BCUT2D eigenvalue weighted by molar-refractivity contribution is 7.09. The third-order valence-electron chi connectivity index (χ3n) is 3.98. The summed E-state index contributed by atoms with van der Waals surface area (Å²) in [6.07, 6.45) is 1.64. The minimum Gasteiger partial charge on any atom is -0.467 e. The molecule has 0 unspecified atom stereocenters. The average molecular weight is 325 g/mol. The molecule has 3 aromatic rings. The van der Waals surface area contributed by atoms with E-state index in [4.69, 9.17) is 4.42 Å². The van der Waals surface area contributed by atoms with Crippen LogP contribution in [0.1, 0.15) is 32.1 Å². The van der Waals surface area contributed by atoms with Gasteiger partial charge < -0.3 is 9.32 Å². The maximum absolute atomic E-state index is 13.1. The molecule has 0 fully saturated rings. The molecule has 0 aliphatic carbocycles. The summed E-state index contributed by atoms with van der Waals surface area (Å²) in [5.41, 5.74) is 2.92. The number of thiophene rings is 1. The fraction of sp³-hybridized carbons (Fsp3) is 0.211. The van der Waals surface area contributed by atoms with Crippen molar-refractivity contribution >= 4 is 17.2 Å². The molecule has 0 saturated heterocycles. The van der Waals surface area contributed by atoms with Crippen molar-refractivity contribution in [2.45, 2.75) is 26.9 Å². The fourth-order valence-corrected chi connectivity index (χ4v) is 3.25. The zero-order valence-corrected chi connectivity index (χ0v) is 14.1. The summed E-state index contributed by atoms with van der Waals surface area (Å²) >= 11 is 1.66. The van der Waals surface area contributed by atoms with Crippen LogP contribution in [-0.2, 0) is 13.1 Å². The first-order chi connectivity index (χ1) is 11.1. The normalized spacial score (nSPS) is 10.7. The lowest BCUT2D eigenvalue weighted by Gasteiger charge is -2.22. The van der Waals surface area contributed by atoms with Gasteiger partial charge in [-0.1, -0.05) is 18.2 Å². The second-order valence-corrected chi connectivity index (χ2v) is 6.60. The molecule has 0 N–H and O–H groups in total. The Morgan fingerprint density at radius 2 is 1.96 bits per heavy atom. The summed E-state index contributed by atoms with van der Waals surface area (Å²) < 4.78 is 5.43. The standard InChI is InChI=1S/C19H19NO2S/c1-14-6-3-9-18(15(14)2)19(21)20(12-16-7-4-10-22-16)13-17-8-5-11-23-17/h3-11H,12-13H2,1-2H3. The molecule has 0 aliphatic heterocycles. The Kier molecular flexibility index (Phi) is 4.63. The monoisotopic (exact) mass is 325 g/mol. The first-order valence-corrected chi connectivity index (χ1v) is 8.43. The van der Waals surface area contributed by atoms with Gasteiger partial charge in [0.15, 0.2) is 0 Å². The van der Waals surface area contributed by atoms with Crippen molar-refractivity contribution in [2.24, 2.45) is 0 Å². The Hall–Kier alpha value is -2.33. The number of furan rings is 1. The van der Waals surface area contributed by atoms with E-state index in [1.165, 1.54) is 0 Å². The lowest BCUT2D eigenvalue weighted by Crippen LogP contribution is -2.30.